The second kappa shape index (κ2) is 5.80. The van der Waals surface area contributed by atoms with Crippen molar-refractivity contribution in [2.75, 3.05) is 0 Å². The van der Waals surface area contributed by atoms with Crippen molar-refractivity contribution in [3.05, 3.63) is 42.0 Å². The zero-order valence-electron chi connectivity index (χ0n) is 11.4. The molecule has 0 N–H and O–H groups in total. The van der Waals surface area contributed by atoms with Crippen molar-refractivity contribution >= 4 is 5.43 Å². The summed E-state index contributed by atoms with van der Waals surface area (Å²) < 4.78 is 3.77. The first-order chi connectivity index (χ1) is 8.13. The molecule has 0 heterocycles. The van der Waals surface area contributed by atoms with Crippen molar-refractivity contribution in [3.63, 3.8) is 0 Å². The Kier molecular flexibility index (Phi) is 4.60. The predicted octanol–water partition coefficient (Wildman–Crippen LogP) is 4.71. The topological polar surface area (TPSA) is 0 Å². The summed E-state index contributed by atoms with van der Waals surface area (Å²) in [6.45, 7) is 9.74. The zero-order valence-corrected chi connectivity index (χ0v) is 14.9. The molecule has 0 aliphatic heterocycles. The fraction of sp³-hybridized carbons (Fsp3) is 0.467. The van der Waals surface area contributed by atoms with Gasteiger partial charge in [0.05, 0.1) is 0 Å². The average Bonchev–Trinajstić information content (AvgIpc) is 2.89. The molecule has 0 amide bonds. The van der Waals surface area contributed by atoms with Gasteiger partial charge in [-0.05, 0) is 0 Å². The molecule has 0 bridgehead atoms. The molecule has 2 aliphatic rings. The molecule has 2 heteroatoms. The fourth-order valence-electron chi connectivity index (χ4n) is 2.77. The van der Waals surface area contributed by atoms with Gasteiger partial charge in [0.25, 0.3) is 0 Å². The molecule has 0 unspecified atom stereocenters. The van der Waals surface area contributed by atoms with Crippen molar-refractivity contribution in [2.24, 2.45) is 0 Å². The third kappa shape index (κ3) is 2.90. The van der Waals surface area contributed by atoms with Gasteiger partial charge in [-0.15, -0.1) is 0 Å². The van der Waals surface area contributed by atoms with E-state index in [-0.39, 0.29) is 5.43 Å². The maximum absolute atomic E-state index is 2.54. The second-order valence-corrected chi connectivity index (χ2v) is 22.4. The molecule has 0 saturated carbocycles. The molecule has 0 radical (unpaired) electrons. The number of allylic oxidation sites excluding steroid dienone is 8. The Morgan fingerprint density at radius 2 is 2.12 bits per heavy atom. The Balaban J connectivity index is 2.33. The van der Waals surface area contributed by atoms with E-state index in [2.05, 4.69) is 51.2 Å². The van der Waals surface area contributed by atoms with Crippen LogP contribution < -0.4 is 0 Å². The van der Waals surface area contributed by atoms with Crippen LogP contribution in [0.3, 0.4) is 0 Å². The molecule has 0 nitrogen and oxygen atoms in total. The third-order valence-corrected chi connectivity index (χ3v) is 21.1. The minimum absolute atomic E-state index is 0.105. The van der Waals surface area contributed by atoms with Gasteiger partial charge in [-0.2, -0.15) is 0 Å². The Labute approximate surface area is 113 Å². The molecule has 0 aromatic carbocycles. The summed E-state index contributed by atoms with van der Waals surface area (Å²) in [6.07, 6.45) is 13.4. The van der Waals surface area contributed by atoms with Crippen LogP contribution in [0.2, 0.25) is 13.1 Å². The molecule has 2 aliphatic carbocycles. The molecule has 0 aromatic heterocycles. The third-order valence-electron chi connectivity index (χ3n) is 3.65. The summed E-state index contributed by atoms with van der Waals surface area (Å²) in [5, 5.41) is 0. The molecule has 0 aromatic rings. The van der Waals surface area contributed by atoms with E-state index in [9.17, 15) is 0 Å². The molecule has 0 saturated heterocycles. The molecular formula is C15H22SiZr. The summed E-state index contributed by atoms with van der Waals surface area (Å²) in [6, 6.07) is 0. The SMILES string of the molecule is CCC1=CC(C)=[C]([Zr]([C]2=CC=CC2)=[Si](C)C)C1. The van der Waals surface area contributed by atoms with Crippen LogP contribution in [0.5, 0.6) is 0 Å². The van der Waals surface area contributed by atoms with Crippen molar-refractivity contribution < 1.29 is 20.4 Å². The predicted molar refractivity (Wildman–Crippen MR) is 75.0 cm³/mol. The van der Waals surface area contributed by atoms with E-state index in [1.807, 2.05) is 6.56 Å². The van der Waals surface area contributed by atoms with Gasteiger partial charge in [-0.1, -0.05) is 0 Å². The molecule has 0 atom stereocenters. The van der Waals surface area contributed by atoms with Gasteiger partial charge < -0.3 is 0 Å². The van der Waals surface area contributed by atoms with Crippen molar-refractivity contribution in [2.45, 2.75) is 46.2 Å². The normalized spacial score (nSPS) is 18.6. The van der Waals surface area contributed by atoms with Gasteiger partial charge in [0.2, 0.25) is 0 Å². The van der Waals surface area contributed by atoms with Crippen LogP contribution in [-0.2, 0) is 20.4 Å². The molecular weight excluding hydrogens is 299 g/mol. The van der Waals surface area contributed by atoms with Gasteiger partial charge >= 0.3 is 114 Å². The Morgan fingerprint density at radius 3 is 2.59 bits per heavy atom. The van der Waals surface area contributed by atoms with Crippen molar-refractivity contribution in [1.82, 2.24) is 0 Å². The Morgan fingerprint density at radius 1 is 1.35 bits per heavy atom. The quantitative estimate of drug-likeness (QED) is 0.660. The minimum atomic E-state index is -1.44. The monoisotopic (exact) mass is 320 g/mol. The molecule has 0 fully saturated rings. The summed E-state index contributed by atoms with van der Waals surface area (Å²) in [5.74, 6) is 0. The van der Waals surface area contributed by atoms with E-state index in [4.69, 9.17) is 0 Å². The van der Waals surface area contributed by atoms with Crippen molar-refractivity contribution in [3.8, 4) is 0 Å². The number of hydrogen-bond donors (Lipinski definition) is 0. The Hall–Kier alpha value is 0.0600. The van der Waals surface area contributed by atoms with Crippen molar-refractivity contribution in [1.29, 1.82) is 0 Å². The van der Waals surface area contributed by atoms with E-state index in [0.29, 0.717) is 0 Å². The van der Waals surface area contributed by atoms with Crippen LogP contribution in [-0.4, -0.2) is 5.43 Å². The van der Waals surface area contributed by atoms with Crippen LogP contribution >= 0.6 is 0 Å². The van der Waals surface area contributed by atoms with E-state index >= 15 is 0 Å². The van der Waals surface area contributed by atoms with Crippen LogP contribution in [0.15, 0.2) is 42.0 Å². The first kappa shape index (κ1) is 13.5. The van der Waals surface area contributed by atoms with Gasteiger partial charge in [-0.25, -0.2) is 0 Å². The first-order valence-electron chi connectivity index (χ1n) is 6.56. The van der Waals surface area contributed by atoms with Gasteiger partial charge in [0.1, 0.15) is 0 Å². The van der Waals surface area contributed by atoms with Crippen LogP contribution in [0.4, 0.5) is 0 Å². The fourth-order valence-corrected chi connectivity index (χ4v) is 20.5. The molecule has 17 heavy (non-hydrogen) atoms. The van der Waals surface area contributed by atoms with Gasteiger partial charge in [0, 0.05) is 0 Å². The van der Waals surface area contributed by atoms with E-state index in [1.165, 1.54) is 19.3 Å². The molecule has 0 spiro atoms. The number of hydrogen-bond acceptors (Lipinski definition) is 0. The zero-order chi connectivity index (χ0) is 12.4. The Bertz CT molecular complexity index is 483. The molecule has 2 rings (SSSR count). The van der Waals surface area contributed by atoms with E-state index in [0.717, 1.165) is 0 Å². The first-order valence-corrected chi connectivity index (χ1v) is 15.2. The average molecular weight is 322 g/mol. The van der Waals surface area contributed by atoms with Gasteiger partial charge in [0.15, 0.2) is 0 Å². The van der Waals surface area contributed by atoms with E-state index in [1.54, 1.807) is 11.1 Å². The summed E-state index contributed by atoms with van der Waals surface area (Å²) in [5.41, 5.74) is 3.20. The molecule has 90 valence electrons. The standard InChI is InChI=1S/C8H11.C5H5.C2H6Si.Zr/c1-3-8-5-4-7(2)6-8;1-2-4-5-3-1;1-3-2;/h6H,3,5H2,1-2H3;1-3H,4H2;1-2H3;. The second-order valence-electron chi connectivity index (χ2n) is 5.19. The maximum atomic E-state index is 2.54. The summed E-state index contributed by atoms with van der Waals surface area (Å²) >= 11 is -1.44. The van der Waals surface area contributed by atoms with E-state index < -0.39 is 20.4 Å². The summed E-state index contributed by atoms with van der Waals surface area (Å²) in [7, 11) is 0. The van der Waals surface area contributed by atoms with Crippen LogP contribution in [0.1, 0.15) is 33.1 Å². The number of rotatable bonds is 3. The summed E-state index contributed by atoms with van der Waals surface area (Å²) in [4.78, 5) is 0. The van der Waals surface area contributed by atoms with Gasteiger partial charge in [-0.3, -0.25) is 0 Å². The van der Waals surface area contributed by atoms with Crippen LogP contribution in [0.25, 0.3) is 0 Å². The van der Waals surface area contributed by atoms with Crippen LogP contribution in [0, 0.1) is 0 Å².